The molecule has 0 unspecified atom stereocenters. The first kappa shape index (κ1) is 20.2. The van der Waals surface area contributed by atoms with Crippen LogP contribution >= 0.6 is 0 Å². The van der Waals surface area contributed by atoms with Crippen LogP contribution in [0.5, 0.6) is 0 Å². The lowest BCUT2D eigenvalue weighted by molar-refractivity contribution is -0.136. The highest BCUT2D eigenvalue weighted by Gasteiger charge is 2.34. The van der Waals surface area contributed by atoms with E-state index in [-0.39, 0.29) is 36.9 Å². The molecule has 1 aromatic carbocycles. The molecule has 3 N–H and O–H groups in total. The number of hydrogen-bond donors (Lipinski definition) is 3. The molecule has 0 saturated heterocycles. The van der Waals surface area contributed by atoms with Crippen molar-refractivity contribution in [1.29, 1.82) is 0 Å². The number of rotatable bonds is 7. The van der Waals surface area contributed by atoms with Crippen molar-refractivity contribution in [1.82, 2.24) is 4.90 Å². The zero-order chi connectivity index (χ0) is 21.0. The summed E-state index contributed by atoms with van der Waals surface area (Å²) in [5.41, 5.74) is 1.83. The van der Waals surface area contributed by atoms with E-state index in [0.29, 0.717) is 22.7 Å². The van der Waals surface area contributed by atoms with Gasteiger partial charge in [-0.3, -0.25) is 9.59 Å². The molecule has 0 fully saturated rings. The van der Waals surface area contributed by atoms with E-state index in [1.54, 1.807) is 37.3 Å². The lowest BCUT2D eigenvalue weighted by Gasteiger charge is -2.15. The van der Waals surface area contributed by atoms with Crippen molar-refractivity contribution in [3.05, 3.63) is 59.2 Å². The van der Waals surface area contributed by atoms with Crippen molar-refractivity contribution in [2.45, 2.75) is 6.92 Å². The number of nitrogens with one attached hydrogen (secondary N) is 2. The van der Waals surface area contributed by atoms with E-state index < -0.39 is 11.9 Å². The SMILES string of the molecule is COC(=O)C1=C(Nc2ccc(NC(=O)c3coc(C)c3)cc2)C(=O)N(CCO)C1. The topological polar surface area (TPSA) is 121 Å². The Kier molecular flexibility index (Phi) is 5.99. The van der Waals surface area contributed by atoms with Crippen LogP contribution in [-0.2, 0) is 14.3 Å². The summed E-state index contributed by atoms with van der Waals surface area (Å²) in [4.78, 5) is 38.1. The molecule has 0 atom stereocenters. The van der Waals surface area contributed by atoms with Gasteiger partial charge in [0.15, 0.2) is 0 Å². The number of methoxy groups -OCH3 is 1. The third-order valence-electron chi connectivity index (χ3n) is 4.36. The molecule has 2 heterocycles. The predicted octanol–water partition coefficient (Wildman–Crippen LogP) is 1.51. The van der Waals surface area contributed by atoms with Crippen molar-refractivity contribution in [2.24, 2.45) is 0 Å². The normalized spacial score (nSPS) is 13.6. The number of β-amino-alcohol motifs (C(OH)–C–C–N with tert-alkyl or cyclic N) is 1. The average molecular weight is 399 g/mol. The number of benzene rings is 1. The number of carbonyl (C=O) groups is 3. The van der Waals surface area contributed by atoms with E-state index >= 15 is 0 Å². The third-order valence-corrected chi connectivity index (χ3v) is 4.36. The second-order valence-electron chi connectivity index (χ2n) is 6.40. The quantitative estimate of drug-likeness (QED) is 0.604. The van der Waals surface area contributed by atoms with Gasteiger partial charge < -0.3 is 29.8 Å². The molecule has 0 saturated carbocycles. The standard InChI is InChI=1S/C20H21N3O6/c1-12-9-13(11-29-12)18(25)22-15-5-3-14(4-6-15)21-17-16(20(27)28-2)10-23(7-8-24)19(17)26/h3-6,9,11,21,24H,7-8,10H2,1-2H3,(H,22,25). The molecule has 9 heteroatoms. The highest BCUT2D eigenvalue weighted by Crippen LogP contribution is 2.24. The van der Waals surface area contributed by atoms with Gasteiger partial charge >= 0.3 is 5.97 Å². The van der Waals surface area contributed by atoms with Crippen LogP contribution in [0.1, 0.15) is 16.1 Å². The molecule has 2 aromatic rings. The molecule has 1 aromatic heterocycles. The number of hydrogen-bond acceptors (Lipinski definition) is 7. The largest absolute Gasteiger partial charge is 0.469 e. The molecule has 0 radical (unpaired) electrons. The summed E-state index contributed by atoms with van der Waals surface area (Å²) in [5.74, 6) is -0.669. The van der Waals surface area contributed by atoms with Gasteiger partial charge in [-0.05, 0) is 37.3 Å². The second kappa shape index (κ2) is 8.61. The lowest BCUT2D eigenvalue weighted by atomic mass is 10.2. The molecule has 0 spiro atoms. The van der Waals surface area contributed by atoms with Gasteiger partial charge in [0, 0.05) is 17.9 Å². The van der Waals surface area contributed by atoms with E-state index in [4.69, 9.17) is 14.3 Å². The molecular formula is C20H21N3O6. The van der Waals surface area contributed by atoms with E-state index in [0.717, 1.165) is 0 Å². The minimum atomic E-state index is -0.611. The summed E-state index contributed by atoms with van der Waals surface area (Å²) in [6.07, 6.45) is 1.38. The Morgan fingerprint density at radius 2 is 1.93 bits per heavy atom. The van der Waals surface area contributed by atoms with Crippen molar-refractivity contribution < 1.29 is 28.6 Å². The summed E-state index contributed by atoms with van der Waals surface area (Å²) in [6.45, 7) is 1.72. The minimum Gasteiger partial charge on any atom is -0.469 e. The number of anilines is 2. The van der Waals surface area contributed by atoms with Crippen molar-refractivity contribution in [3.8, 4) is 0 Å². The highest BCUT2D eigenvalue weighted by molar-refractivity contribution is 6.08. The Balaban J connectivity index is 1.73. The molecule has 3 rings (SSSR count). The zero-order valence-corrected chi connectivity index (χ0v) is 16.0. The Morgan fingerprint density at radius 1 is 1.24 bits per heavy atom. The van der Waals surface area contributed by atoms with Crippen molar-refractivity contribution in [2.75, 3.05) is 37.4 Å². The van der Waals surface area contributed by atoms with Crippen molar-refractivity contribution in [3.63, 3.8) is 0 Å². The van der Waals surface area contributed by atoms with E-state index in [1.165, 1.54) is 18.3 Å². The van der Waals surface area contributed by atoms with Gasteiger partial charge in [0.1, 0.15) is 17.7 Å². The number of amides is 2. The van der Waals surface area contributed by atoms with Crippen LogP contribution in [0.2, 0.25) is 0 Å². The summed E-state index contributed by atoms with van der Waals surface area (Å²) in [6, 6.07) is 8.29. The number of carbonyl (C=O) groups excluding carboxylic acids is 3. The van der Waals surface area contributed by atoms with Gasteiger partial charge in [-0.15, -0.1) is 0 Å². The van der Waals surface area contributed by atoms with Crippen LogP contribution in [0.4, 0.5) is 11.4 Å². The highest BCUT2D eigenvalue weighted by atomic mass is 16.5. The monoisotopic (exact) mass is 399 g/mol. The molecule has 152 valence electrons. The number of esters is 1. The predicted molar refractivity (Wildman–Crippen MR) is 104 cm³/mol. The average Bonchev–Trinajstić information content (AvgIpc) is 3.28. The fourth-order valence-corrected chi connectivity index (χ4v) is 2.90. The summed E-state index contributed by atoms with van der Waals surface area (Å²) in [5, 5.41) is 14.8. The summed E-state index contributed by atoms with van der Waals surface area (Å²) in [7, 11) is 1.24. The van der Waals surface area contributed by atoms with Crippen molar-refractivity contribution >= 4 is 29.2 Å². The maximum atomic E-state index is 12.5. The van der Waals surface area contributed by atoms with Crippen LogP contribution in [0.3, 0.4) is 0 Å². The van der Waals surface area contributed by atoms with E-state index in [2.05, 4.69) is 10.6 Å². The van der Waals surface area contributed by atoms with E-state index in [1.807, 2.05) is 0 Å². The maximum Gasteiger partial charge on any atom is 0.337 e. The first-order valence-corrected chi connectivity index (χ1v) is 8.88. The Hall–Kier alpha value is -3.59. The van der Waals surface area contributed by atoms with Crippen LogP contribution in [-0.4, -0.2) is 54.6 Å². The fourth-order valence-electron chi connectivity index (χ4n) is 2.90. The second-order valence-corrected chi connectivity index (χ2v) is 6.40. The van der Waals surface area contributed by atoms with Crippen LogP contribution in [0.25, 0.3) is 0 Å². The first-order chi connectivity index (χ1) is 13.9. The Bertz CT molecular complexity index is 961. The van der Waals surface area contributed by atoms with Crippen LogP contribution in [0, 0.1) is 6.92 Å². The van der Waals surface area contributed by atoms with Gasteiger partial charge in [-0.2, -0.15) is 0 Å². The molecule has 0 bridgehead atoms. The number of furan rings is 1. The molecular weight excluding hydrogens is 378 g/mol. The number of aliphatic hydroxyl groups excluding tert-OH is 1. The van der Waals surface area contributed by atoms with Gasteiger partial charge in [-0.1, -0.05) is 0 Å². The Labute approximate surface area is 166 Å². The maximum absolute atomic E-state index is 12.5. The van der Waals surface area contributed by atoms with Gasteiger partial charge in [0.05, 0.1) is 31.4 Å². The smallest absolute Gasteiger partial charge is 0.337 e. The molecule has 1 aliphatic heterocycles. The first-order valence-electron chi connectivity index (χ1n) is 8.88. The molecule has 0 aliphatic carbocycles. The number of aryl methyl sites for hydroxylation is 1. The zero-order valence-electron chi connectivity index (χ0n) is 16.0. The Morgan fingerprint density at radius 3 is 2.52 bits per heavy atom. The van der Waals surface area contributed by atoms with Gasteiger partial charge in [-0.25, -0.2) is 4.79 Å². The molecule has 2 amide bonds. The third kappa shape index (κ3) is 4.46. The van der Waals surface area contributed by atoms with E-state index in [9.17, 15) is 14.4 Å². The number of nitrogens with zero attached hydrogens (tertiary/aromatic N) is 1. The van der Waals surface area contributed by atoms with Gasteiger partial charge in [0.25, 0.3) is 11.8 Å². The van der Waals surface area contributed by atoms with Gasteiger partial charge in [0.2, 0.25) is 0 Å². The number of ether oxygens (including phenoxy) is 1. The minimum absolute atomic E-state index is 0.0622. The summed E-state index contributed by atoms with van der Waals surface area (Å²) >= 11 is 0. The lowest BCUT2D eigenvalue weighted by Crippen LogP contribution is -2.31. The summed E-state index contributed by atoms with van der Waals surface area (Å²) < 4.78 is 9.88. The fraction of sp³-hybridized carbons (Fsp3) is 0.250. The van der Waals surface area contributed by atoms with Crippen LogP contribution in [0.15, 0.2) is 52.3 Å². The molecule has 9 nitrogen and oxygen atoms in total. The molecule has 1 aliphatic rings. The number of aliphatic hydroxyl groups is 1. The van der Waals surface area contributed by atoms with Crippen LogP contribution < -0.4 is 10.6 Å². The molecule has 29 heavy (non-hydrogen) atoms.